The molecule has 0 fully saturated rings. The van der Waals surface area contributed by atoms with Gasteiger partial charge in [-0.2, -0.15) is 0 Å². The standard InChI is InChI=1S/C19H18ClN3O3S2/c1-2-11-3-5-15-16(9-11)27-19(22-15)23-18(24)21-14-7-8-28(25,26)17-6-4-12(20)10-13(14)17/h3-6,9-10,14H,2,7-8H2,1H3,(H2,21,22,23,24)/t14-/m0/s1. The number of anilines is 1. The molecule has 1 atom stereocenters. The largest absolute Gasteiger partial charge is 0.331 e. The SMILES string of the molecule is CCc1ccc2nc(NC(=O)N[C@H]3CCS(=O)(=O)c4ccc(Cl)cc43)sc2c1. The number of aryl methyl sites for hydroxylation is 1. The molecule has 0 aliphatic carbocycles. The van der Waals surface area contributed by atoms with E-state index in [0.717, 1.165) is 16.6 Å². The first-order chi connectivity index (χ1) is 13.4. The molecule has 6 nitrogen and oxygen atoms in total. The Morgan fingerprint density at radius 1 is 1.29 bits per heavy atom. The number of amides is 2. The number of nitrogens with one attached hydrogen (secondary N) is 2. The minimum atomic E-state index is -3.35. The van der Waals surface area contributed by atoms with Crippen LogP contribution >= 0.6 is 22.9 Å². The lowest BCUT2D eigenvalue weighted by atomic mass is 10.0. The van der Waals surface area contributed by atoms with Gasteiger partial charge in [0.2, 0.25) is 0 Å². The van der Waals surface area contributed by atoms with Crippen molar-refractivity contribution in [1.29, 1.82) is 0 Å². The van der Waals surface area contributed by atoms with Crippen molar-refractivity contribution in [2.45, 2.75) is 30.7 Å². The second-order valence-corrected chi connectivity index (χ2v) is 10.2. The summed E-state index contributed by atoms with van der Waals surface area (Å²) in [6, 6.07) is 9.82. The van der Waals surface area contributed by atoms with E-state index in [1.807, 2.05) is 12.1 Å². The molecule has 2 aromatic carbocycles. The number of carbonyl (C=O) groups is 1. The summed E-state index contributed by atoms with van der Waals surface area (Å²) in [5, 5.41) is 6.53. The van der Waals surface area contributed by atoms with Gasteiger partial charge in [-0.25, -0.2) is 18.2 Å². The van der Waals surface area contributed by atoms with Gasteiger partial charge >= 0.3 is 6.03 Å². The zero-order valence-electron chi connectivity index (χ0n) is 15.0. The molecule has 146 valence electrons. The van der Waals surface area contributed by atoms with Gasteiger partial charge in [-0.1, -0.05) is 35.9 Å². The number of urea groups is 1. The molecule has 0 bridgehead atoms. The van der Waals surface area contributed by atoms with E-state index in [2.05, 4.69) is 28.6 Å². The van der Waals surface area contributed by atoms with Crippen molar-refractivity contribution in [2.24, 2.45) is 0 Å². The molecule has 1 aliphatic heterocycles. The van der Waals surface area contributed by atoms with E-state index < -0.39 is 21.9 Å². The predicted octanol–water partition coefficient (Wildman–Crippen LogP) is 4.55. The summed E-state index contributed by atoms with van der Waals surface area (Å²) in [6.45, 7) is 2.09. The van der Waals surface area contributed by atoms with Gasteiger partial charge in [0.15, 0.2) is 15.0 Å². The highest BCUT2D eigenvalue weighted by molar-refractivity contribution is 7.91. The summed E-state index contributed by atoms with van der Waals surface area (Å²) in [6.07, 6.45) is 1.23. The van der Waals surface area contributed by atoms with E-state index >= 15 is 0 Å². The van der Waals surface area contributed by atoms with E-state index in [1.165, 1.54) is 23.0 Å². The minimum Gasteiger partial charge on any atom is -0.331 e. The van der Waals surface area contributed by atoms with Gasteiger partial charge < -0.3 is 5.32 Å². The predicted molar refractivity (Wildman–Crippen MR) is 112 cm³/mol. The molecular formula is C19H18ClN3O3S2. The van der Waals surface area contributed by atoms with Crippen LogP contribution in [0.3, 0.4) is 0 Å². The molecule has 9 heteroatoms. The number of rotatable bonds is 3. The van der Waals surface area contributed by atoms with Gasteiger partial charge in [0.1, 0.15) is 0 Å². The third-order valence-corrected chi connectivity index (χ3v) is 7.73. The van der Waals surface area contributed by atoms with E-state index in [9.17, 15) is 13.2 Å². The molecule has 1 aromatic heterocycles. The Labute approximate surface area is 171 Å². The Kier molecular flexibility index (Phi) is 5.03. The molecule has 0 saturated heterocycles. The van der Waals surface area contributed by atoms with Gasteiger partial charge in [-0.3, -0.25) is 5.32 Å². The lowest BCUT2D eigenvalue weighted by Crippen LogP contribution is -2.36. The molecule has 2 N–H and O–H groups in total. The molecule has 4 rings (SSSR count). The van der Waals surface area contributed by atoms with Crippen LogP contribution in [0.25, 0.3) is 10.2 Å². The molecule has 0 unspecified atom stereocenters. The lowest BCUT2D eigenvalue weighted by molar-refractivity contribution is 0.248. The fourth-order valence-electron chi connectivity index (χ4n) is 3.30. The molecule has 28 heavy (non-hydrogen) atoms. The zero-order chi connectivity index (χ0) is 19.9. The molecule has 0 saturated carbocycles. The number of nitrogens with zero attached hydrogens (tertiary/aromatic N) is 1. The van der Waals surface area contributed by atoms with Crippen LogP contribution < -0.4 is 10.6 Å². The number of hydrogen-bond donors (Lipinski definition) is 2. The number of thiazole rings is 1. The van der Waals surface area contributed by atoms with Crippen LogP contribution in [-0.4, -0.2) is 25.2 Å². The fourth-order valence-corrected chi connectivity index (χ4v) is 6.00. The first-order valence-corrected chi connectivity index (χ1v) is 11.7. The average molecular weight is 436 g/mol. The summed E-state index contributed by atoms with van der Waals surface area (Å²) < 4.78 is 25.6. The van der Waals surface area contributed by atoms with Crippen molar-refractivity contribution < 1.29 is 13.2 Å². The first kappa shape index (κ1) is 19.2. The number of sulfone groups is 1. The third kappa shape index (κ3) is 3.72. The highest BCUT2D eigenvalue weighted by Crippen LogP contribution is 2.34. The summed E-state index contributed by atoms with van der Waals surface area (Å²) in [5.41, 5.74) is 2.56. The van der Waals surface area contributed by atoms with Crippen molar-refractivity contribution in [2.75, 3.05) is 11.1 Å². The summed E-state index contributed by atoms with van der Waals surface area (Å²) in [5.74, 6) is -0.0203. The smallest absolute Gasteiger partial charge is 0.321 e. The number of halogens is 1. The van der Waals surface area contributed by atoms with Crippen LogP contribution in [0.1, 0.15) is 30.5 Å². The molecule has 0 radical (unpaired) electrons. The Balaban J connectivity index is 1.54. The van der Waals surface area contributed by atoms with E-state index in [4.69, 9.17) is 11.6 Å². The summed E-state index contributed by atoms with van der Waals surface area (Å²) >= 11 is 7.44. The maximum atomic E-state index is 12.5. The fraction of sp³-hybridized carbons (Fsp3) is 0.263. The van der Waals surface area contributed by atoms with E-state index in [1.54, 1.807) is 12.1 Å². The summed E-state index contributed by atoms with van der Waals surface area (Å²) in [4.78, 5) is 17.2. The van der Waals surface area contributed by atoms with E-state index in [-0.39, 0.29) is 10.6 Å². The normalized spacial score (nSPS) is 17.9. The minimum absolute atomic E-state index is 0.0203. The van der Waals surface area contributed by atoms with Gasteiger partial charge in [-0.15, -0.1) is 0 Å². The van der Waals surface area contributed by atoms with Crippen LogP contribution in [-0.2, 0) is 16.3 Å². The average Bonchev–Trinajstić information content (AvgIpc) is 3.05. The van der Waals surface area contributed by atoms with Crippen molar-refractivity contribution in [3.05, 3.63) is 52.5 Å². The molecular weight excluding hydrogens is 418 g/mol. The second-order valence-electron chi connectivity index (χ2n) is 6.62. The van der Waals surface area contributed by atoms with E-state index in [0.29, 0.717) is 22.1 Å². The van der Waals surface area contributed by atoms with Crippen LogP contribution in [0.15, 0.2) is 41.3 Å². The molecule has 2 amide bonds. The van der Waals surface area contributed by atoms with Crippen molar-refractivity contribution in [3.63, 3.8) is 0 Å². The molecule has 3 aromatic rings. The molecule has 2 heterocycles. The number of aromatic nitrogens is 1. The third-order valence-electron chi connectivity index (χ3n) is 4.74. The Bertz CT molecular complexity index is 1170. The zero-order valence-corrected chi connectivity index (χ0v) is 17.4. The number of benzene rings is 2. The maximum absolute atomic E-state index is 12.5. The van der Waals surface area contributed by atoms with Gasteiger partial charge in [0.05, 0.1) is 26.9 Å². The first-order valence-electron chi connectivity index (χ1n) is 8.85. The summed E-state index contributed by atoms with van der Waals surface area (Å²) in [7, 11) is -3.35. The Hall–Kier alpha value is -2.16. The number of fused-ring (bicyclic) bond motifs is 2. The van der Waals surface area contributed by atoms with Crippen molar-refractivity contribution in [3.8, 4) is 0 Å². The van der Waals surface area contributed by atoms with Crippen LogP contribution in [0.4, 0.5) is 9.93 Å². The number of hydrogen-bond acceptors (Lipinski definition) is 5. The van der Waals surface area contributed by atoms with Crippen LogP contribution in [0.2, 0.25) is 5.02 Å². The van der Waals surface area contributed by atoms with Gasteiger partial charge in [0.25, 0.3) is 0 Å². The van der Waals surface area contributed by atoms with Gasteiger partial charge in [-0.05, 0) is 54.3 Å². The Morgan fingerprint density at radius 2 is 2.11 bits per heavy atom. The lowest BCUT2D eigenvalue weighted by Gasteiger charge is -2.26. The molecule has 0 spiro atoms. The maximum Gasteiger partial charge on any atom is 0.321 e. The quantitative estimate of drug-likeness (QED) is 0.631. The Morgan fingerprint density at radius 3 is 2.89 bits per heavy atom. The number of carbonyl (C=O) groups excluding carboxylic acids is 1. The molecule has 1 aliphatic rings. The van der Waals surface area contributed by atoms with Crippen molar-refractivity contribution >= 4 is 54.2 Å². The van der Waals surface area contributed by atoms with Crippen LogP contribution in [0, 0.1) is 0 Å². The second kappa shape index (κ2) is 7.35. The monoisotopic (exact) mass is 435 g/mol. The highest BCUT2D eigenvalue weighted by atomic mass is 35.5. The van der Waals surface area contributed by atoms with Crippen molar-refractivity contribution in [1.82, 2.24) is 10.3 Å². The van der Waals surface area contributed by atoms with Gasteiger partial charge in [0, 0.05) is 5.02 Å². The highest BCUT2D eigenvalue weighted by Gasteiger charge is 2.31. The topological polar surface area (TPSA) is 88.2 Å². The van der Waals surface area contributed by atoms with Crippen LogP contribution in [0.5, 0.6) is 0 Å².